The largest absolute Gasteiger partial charge is 0.394 e. The second kappa shape index (κ2) is 6.14. The van der Waals surface area contributed by atoms with E-state index >= 15 is 0 Å². The molecule has 2 unspecified atom stereocenters. The molecular weight excluding hydrogens is 238 g/mol. The molecule has 0 bridgehead atoms. The molecule has 0 aromatic heterocycles. The molecule has 0 aliphatic heterocycles. The Balaban J connectivity index is 2.65. The molecule has 0 saturated carbocycles. The van der Waals surface area contributed by atoms with Gasteiger partial charge in [-0.25, -0.2) is 8.42 Å². The van der Waals surface area contributed by atoms with Gasteiger partial charge in [0.25, 0.3) is 0 Å². The van der Waals surface area contributed by atoms with E-state index in [1.165, 1.54) is 6.26 Å². The van der Waals surface area contributed by atoms with E-state index in [4.69, 9.17) is 0 Å². The summed E-state index contributed by atoms with van der Waals surface area (Å²) in [4.78, 5) is 0. The molecule has 0 saturated heterocycles. The maximum Gasteiger partial charge on any atom is 0.148 e. The zero-order valence-electron chi connectivity index (χ0n) is 10.1. The van der Waals surface area contributed by atoms with Crippen molar-refractivity contribution in [2.75, 3.05) is 18.6 Å². The van der Waals surface area contributed by atoms with Crippen molar-refractivity contribution < 1.29 is 13.5 Å². The van der Waals surface area contributed by atoms with Crippen LogP contribution in [0.25, 0.3) is 0 Å². The summed E-state index contributed by atoms with van der Waals surface area (Å²) in [6.45, 7) is 1.74. The number of hydrogen-bond donors (Lipinski definition) is 2. The van der Waals surface area contributed by atoms with Gasteiger partial charge in [0.05, 0.1) is 18.4 Å². The molecule has 0 radical (unpaired) electrons. The molecule has 5 heteroatoms. The maximum atomic E-state index is 11.1. The van der Waals surface area contributed by atoms with Gasteiger partial charge in [0.2, 0.25) is 0 Å². The Morgan fingerprint density at radius 2 is 1.88 bits per heavy atom. The van der Waals surface area contributed by atoms with Crippen molar-refractivity contribution in [2.45, 2.75) is 19.0 Å². The van der Waals surface area contributed by atoms with Crippen molar-refractivity contribution in [3.05, 3.63) is 35.9 Å². The minimum atomic E-state index is -3.00. The van der Waals surface area contributed by atoms with Crippen molar-refractivity contribution in [1.82, 2.24) is 5.32 Å². The van der Waals surface area contributed by atoms with E-state index in [0.717, 1.165) is 5.56 Å². The first-order valence-electron chi connectivity index (χ1n) is 5.52. The summed E-state index contributed by atoms with van der Waals surface area (Å²) in [6, 6.07) is 9.07. The molecule has 1 aromatic rings. The summed E-state index contributed by atoms with van der Waals surface area (Å²) in [5, 5.41) is 12.4. The Bertz CT molecular complexity index is 430. The number of benzene rings is 1. The first kappa shape index (κ1) is 14.2. The molecule has 17 heavy (non-hydrogen) atoms. The van der Waals surface area contributed by atoms with E-state index in [2.05, 4.69) is 5.32 Å². The van der Waals surface area contributed by atoms with Crippen molar-refractivity contribution in [2.24, 2.45) is 0 Å². The van der Waals surface area contributed by atoms with E-state index in [0.29, 0.717) is 0 Å². The number of rotatable bonds is 6. The van der Waals surface area contributed by atoms with Gasteiger partial charge >= 0.3 is 0 Å². The maximum absolute atomic E-state index is 11.1. The van der Waals surface area contributed by atoms with Crippen molar-refractivity contribution in [3.63, 3.8) is 0 Å². The smallest absolute Gasteiger partial charge is 0.148 e. The zero-order chi connectivity index (χ0) is 12.9. The van der Waals surface area contributed by atoms with Gasteiger partial charge in [0.1, 0.15) is 9.84 Å². The number of sulfone groups is 1. The molecule has 0 fully saturated rings. The minimum Gasteiger partial charge on any atom is -0.394 e. The normalized spacial score (nSPS) is 15.5. The highest BCUT2D eigenvalue weighted by molar-refractivity contribution is 7.90. The third-order valence-corrected chi connectivity index (χ3v) is 3.53. The molecule has 1 aromatic carbocycles. The molecule has 1 rings (SSSR count). The van der Waals surface area contributed by atoms with E-state index < -0.39 is 9.84 Å². The van der Waals surface area contributed by atoms with E-state index in [1.54, 1.807) is 6.92 Å². The van der Waals surface area contributed by atoms with Crippen LogP contribution in [0.2, 0.25) is 0 Å². The lowest BCUT2D eigenvalue weighted by atomic mass is 10.1. The van der Waals surface area contributed by atoms with Gasteiger partial charge in [-0.15, -0.1) is 0 Å². The molecule has 4 nitrogen and oxygen atoms in total. The first-order valence-corrected chi connectivity index (χ1v) is 7.58. The summed E-state index contributed by atoms with van der Waals surface area (Å²) >= 11 is 0. The molecule has 0 spiro atoms. The summed E-state index contributed by atoms with van der Waals surface area (Å²) < 4.78 is 22.3. The predicted molar refractivity (Wildman–Crippen MR) is 68.6 cm³/mol. The van der Waals surface area contributed by atoms with E-state index in [1.807, 2.05) is 30.3 Å². The van der Waals surface area contributed by atoms with E-state index in [-0.39, 0.29) is 24.4 Å². The molecule has 0 aliphatic rings. The Kier molecular flexibility index (Phi) is 5.11. The SMILES string of the molecule is CC(CS(C)(=O)=O)NC(CO)c1ccccc1. The van der Waals surface area contributed by atoms with Crippen LogP contribution in [0.5, 0.6) is 0 Å². The summed E-state index contributed by atoms with van der Waals surface area (Å²) in [7, 11) is -3.00. The number of aliphatic hydroxyl groups is 1. The van der Waals surface area contributed by atoms with Gasteiger partial charge in [-0.05, 0) is 12.5 Å². The molecule has 0 amide bonds. The van der Waals surface area contributed by atoms with Crippen LogP contribution in [0.1, 0.15) is 18.5 Å². The van der Waals surface area contributed by atoms with Crippen LogP contribution in [-0.2, 0) is 9.84 Å². The highest BCUT2D eigenvalue weighted by atomic mass is 32.2. The fraction of sp³-hybridized carbons (Fsp3) is 0.500. The van der Waals surface area contributed by atoms with Crippen LogP contribution in [0.3, 0.4) is 0 Å². The molecule has 2 atom stereocenters. The summed E-state index contributed by atoms with van der Waals surface area (Å²) in [5.41, 5.74) is 0.954. The van der Waals surface area contributed by atoms with Crippen LogP contribution in [-0.4, -0.2) is 38.2 Å². The van der Waals surface area contributed by atoms with Crippen LogP contribution >= 0.6 is 0 Å². The average Bonchev–Trinajstić information content (AvgIpc) is 2.24. The van der Waals surface area contributed by atoms with E-state index in [9.17, 15) is 13.5 Å². The van der Waals surface area contributed by atoms with Gasteiger partial charge in [-0.2, -0.15) is 0 Å². The molecule has 0 aliphatic carbocycles. The van der Waals surface area contributed by atoms with Crippen LogP contribution in [0, 0.1) is 0 Å². The Labute approximate surface area is 103 Å². The van der Waals surface area contributed by atoms with Crippen LogP contribution in [0.15, 0.2) is 30.3 Å². The predicted octanol–water partition coefficient (Wildman–Crippen LogP) is 0.743. The standard InChI is InChI=1S/C12H19NO3S/c1-10(9-17(2,15)16)13-12(8-14)11-6-4-3-5-7-11/h3-7,10,12-14H,8-9H2,1-2H3. The van der Waals surface area contributed by atoms with Gasteiger partial charge < -0.3 is 10.4 Å². The van der Waals surface area contributed by atoms with Crippen LogP contribution < -0.4 is 5.32 Å². The summed E-state index contributed by atoms with van der Waals surface area (Å²) in [6.07, 6.45) is 1.21. The third kappa shape index (κ3) is 5.30. The Morgan fingerprint density at radius 3 is 2.35 bits per heavy atom. The van der Waals surface area contributed by atoms with Gasteiger partial charge in [0, 0.05) is 12.3 Å². The third-order valence-electron chi connectivity index (χ3n) is 2.42. The zero-order valence-corrected chi connectivity index (χ0v) is 10.9. The first-order chi connectivity index (χ1) is 7.92. The topological polar surface area (TPSA) is 66.4 Å². The fourth-order valence-corrected chi connectivity index (χ4v) is 2.79. The van der Waals surface area contributed by atoms with Crippen molar-refractivity contribution in [3.8, 4) is 0 Å². The second-order valence-electron chi connectivity index (χ2n) is 4.31. The molecule has 0 heterocycles. The molecule has 2 N–H and O–H groups in total. The highest BCUT2D eigenvalue weighted by Gasteiger charge is 2.16. The number of aliphatic hydroxyl groups excluding tert-OH is 1. The molecule has 96 valence electrons. The quantitative estimate of drug-likeness (QED) is 0.789. The lowest BCUT2D eigenvalue weighted by Crippen LogP contribution is -2.37. The monoisotopic (exact) mass is 257 g/mol. The van der Waals surface area contributed by atoms with Crippen molar-refractivity contribution in [1.29, 1.82) is 0 Å². The second-order valence-corrected chi connectivity index (χ2v) is 6.49. The lowest BCUT2D eigenvalue weighted by Gasteiger charge is -2.21. The van der Waals surface area contributed by atoms with Gasteiger partial charge in [0.15, 0.2) is 0 Å². The van der Waals surface area contributed by atoms with Crippen LogP contribution in [0.4, 0.5) is 0 Å². The highest BCUT2D eigenvalue weighted by Crippen LogP contribution is 2.12. The van der Waals surface area contributed by atoms with Gasteiger partial charge in [-0.1, -0.05) is 30.3 Å². The Hall–Kier alpha value is -0.910. The average molecular weight is 257 g/mol. The summed E-state index contributed by atoms with van der Waals surface area (Å²) in [5.74, 6) is 0.0658. The minimum absolute atomic E-state index is 0.0574. The van der Waals surface area contributed by atoms with Gasteiger partial charge in [-0.3, -0.25) is 0 Å². The lowest BCUT2D eigenvalue weighted by molar-refractivity contribution is 0.237. The fourth-order valence-electron chi connectivity index (χ4n) is 1.79. The number of hydrogen-bond acceptors (Lipinski definition) is 4. The number of nitrogens with one attached hydrogen (secondary N) is 1. The Morgan fingerprint density at radius 1 is 1.29 bits per heavy atom. The molecular formula is C12H19NO3S. The van der Waals surface area contributed by atoms with Crippen molar-refractivity contribution >= 4 is 9.84 Å².